The Bertz CT molecular complexity index is 351. The molecule has 0 spiro atoms. The van der Waals surface area contributed by atoms with Crippen LogP contribution in [-0.2, 0) is 9.53 Å². The first-order valence-electron chi connectivity index (χ1n) is 5.14. The SMILES string of the molecule is COC(=O)[C@H](C)NC(C)c1ccc(F)cc1. The lowest BCUT2D eigenvalue weighted by Gasteiger charge is -2.18. The Hall–Kier alpha value is -1.42. The van der Waals surface area contributed by atoms with E-state index in [-0.39, 0.29) is 23.9 Å². The average Bonchev–Trinajstić information content (AvgIpc) is 2.28. The van der Waals surface area contributed by atoms with E-state index in [2.05, 4.69) is 10.1 Å². The van der Waals surface area contributed by atoms with E-state index in [4.69, 9.17) is 0 Å². The summed E-state index contributed by atoms with van der Waals surface area (Å²) < 4.78 is 17.3. The Balaban J connectivity index is 2.61. The van der Waals surface area contributed by atoms with E-state index in [0.29, 0.717) is 0 Å². The number of hydrogen-bond acceptors (Lipinski definition) is 3. The molecule has 0 saturated carbocycles. The van der Waals surface area contributed by atoms with E-state index in [0.717, 1.165) is 5.56 Å². The van der Waals surface area contributed by atoms with Crippen molar-refractivity contribution < 1.29 is 13.9 Å². The lowest BCUT2D eigenvalue weighted by Crippen LogP contribution is -2.36. The molecule has 0 radical (unpaired) electrons. The maximum Gasteiger partial charge on any atom is 0.322 e. The number of ether oxygens (including phenoxy) is 1. The molecular formula is C12H16FNO2. The van der Waals surface area contributed by atoms with Crippen molar-refractivity contribution in [3.05, 3.63) is 35.6 Å². The number of carbonyl (C=O) groups is 1. The third kappa shape index (κ3) is 3.31. The van der Waals surface area contributed by atoms with E-state index in [1.54, 1.807) is 19.1 Å². The van der Waals surface area contributed by atoms with Crippen LogP contribution in [0.1, 0.15) is 25.5 Å². The van der Waals surface area contributed by atoms with Crippen LogP contribution in [-0.4, -0.2) is 19.1 Å². The van der Waals surface area contributed by atoms with Gasteiger partial charge in [0.25, 0.3) is 0 Å². The summed E-state index contributed by atoms with van der Waals surface area (Å²) in [6.45, 7) is 3.64. The summed E-state index contributed by atoms with van der Waals surface area (Å²) in [7, 11) is 1.35. The molecule has 0 aliphatic rings. The molecule has 1 aromatic rings. The van der Waals surface area contributed by atoms with Gasteiger partial charge in [0.1, 0.15) is 11.9 Å². The summed E-state index contributed by atoms with van der Waals surface area (Å²) in [6, 6.07) is 5.76. The van der Waals surface area contributed by atoms with Crippen LogP contribution in [0.2, 0.25) is 0 Å². The van der Waals surface area contributed by atoms with Gasteiger partial charge in [0.2, 0.25) is 0 Å². The van der Waals surface area contributed by atoms with Crippen LogP contribution in [0.25, 0.3) is 0 Å². The van der Waals surface area contributed by atoms with Crippen molar-refractivity contribution in [3.63, 3.8) is 0 Å². The van der Waals surface area contributed by atoms with Crippen LogP contribution in [0.4, 0.5) is 4.39 Å². The Morgan fingerprint density at radius 1 is 1.31 bits per heavy atom. The summed E-state index contributed by atoms with van der Waals surface area (Å²) in [5.74, 6) is -0.578. The summed E-state index contributed by atoms with van der Waals surface area (Å²) >= 11 is 0. The van der Waals surface area contributed by atoms with Gasteiger partial charge >= 0.3 is 5.97 Å². The highest BCUT2D eigenvalue weighted by molar-refractivity contribution is 5.75. The Morgan fingerprint density at radius 3 is 2.38 bits per heavy atom. The number of esters is 1. The first kappa shape index (κ1) is 12.6. The van der Waals surface area contributed by atoms with Crippen LogP contribution >= 0.6 is 0 Å². The van der Waals surface area contributed by atoms with Gasteiger partial charge in [-0.1, -0.05) is 12.1 Å². The molecule has 1 unspecified atom stereocenters. The monoisotopic (exact) mass is 225 g/mol. The van der Waals surface area contributed by atoms with Crippen molar-refractivity contribution in [1.29, 1.82) is 0 Å². The number of carbonyl (C=O) groups excluding carboxylic acids is 1. The van der Waals surface area contributed by atoms with Crippen LogP contribution in [0.5, 0.6) is 0 Å². The topological polar surface area (TPSA) is 38.3 Å². The van der Waals surface area contributed by atoms with Crippen molar-refractivity contribution >= 4 is 5.97 Å². The molecule has 3 nitrogen and oxygen atoms in total. The molecule has 0 aliphatic heterocycles. The molecule has 0 amide bonds. The second kappa shape index (κ2) is 5.61. The van der Waals surface area contributed by atoms with Crippen molar-refractivity contribution in [2.24, 2.45) is 0 Å². The molecule has 4 heteroatoms. The smallest absolute Gasteiger partial charge is 0.322 e. The van der Waals surface area contributed by atoms with Gasteiger partial charge in [0.05, 0.1) is 7.11 Å². The first-order valence-corrected chi connectivity index (χ1v) is 5.14. The van der Waals surface area contributed by atoms with Crippen LogP contribution in [0.3, 0.4) is 0 Å². The van der Waals surface area contributed by atoms with Crippen molar-refractivity contribution in [2.45, 2.75) is 25.9 Å². The van der Waals surface area contributed by atoms with Gasteiger partial charge < -0.3 is 4.74 Å². The molecule has 0 aliphatic carbocycles. The van der Waals surface area contributed by atoms with Gasteiger partial charge in [-0.05, 0) is 31.5 Å². The molecule has 1 rings (SSSR count). The number of nitrogens with one attached hydrogen (secondary N) is 1. The summed E-state index contributed by atoms with van der Waals surface area (Å²) in [5, 5.41) is 3.07. The highest BCUT2D eigenvalue weighted by Crippen LogP contribution is 2.13. The quantitative estimate of drug-likeness (QED) is 0.797. The molecule has 0 saturated heterocycles. The van der Waals surface area contributed by atoms with Crippen LogP contribution in [0, 0.1) is 5.82 Å². The fraction of sp³-hybridized carbons (Fsp3) is 0.417. The predicted molar refractivity (Wildman–Crippen MR) is 59.4 cm³/mol. The van der Waals surface area contributed by atoms with Gasteiger partial charge in [-0.15, -0.1) is 0 Å². The highest BCUT2D eigenvalue weighted by Gasteiger charge is 2.16. The van der Waals surface area contributed by atoms with Gasteiger partial charge in [0, 0.05) is 6.04 Å². The molecule has 0 fully saturated rings. The summed E-state index contributed by atoms with van der Waals surface area (Å²) in [4.78, 5) is 11.2. The zero-order valence-corrected chi connectivity index (χ0v) is 9.66. The summed E-state index contributed by atoms with van der Waals surface area (Å²) in [6.07, 6.45) is 0. The van der Waals surface area contributed by atoms with Gasteiger partial charge in [-0.3, -0.25) is 10.1 Å². The molecule has 1 N–H and O–H groups in total. The largest absolute Gasteiger partial charge is 0.468 e. The number of benzene rings is 1. The molecule has 0 aromatic heterocycles. The van der Waals surface area contributed by atoms with Gasteiger partial charge in [-0.25, -0.2) is 4.39 Å². The average molecular weight is 225 g/mol. The second-order valence-electron chi connectivity index (χ2n) is 3.68. The predicted octanol–water partition coefficient (Wildman–Crippen LogP) is 2.04. The molecule has 0 heterocycles. The minimum atomic E-state index is -0.384. The molecule has 0 bridgehead atoms. The molecular weight excluding hydrogens is 209 g/mol. The number of methoxy groups -OCH3 is 1. The first-order chi connectivity index (χ1) is 7.54. The van der Waals surface area contributed by atoms with Crippen molar-refractivity contribution in [3.8, 4) is 0 Å². The summed E-state index contributed by atoms with van der Waals surface area (Å²) in [5.41, 5.74) is 0.928. The highest BCUT2D eigenvalue weighted by atomic mass is 19.1. The van der Waals surface area contributed by atoms with Crippen LogP contribution in [0.15, 0.2) is 24.3 Å². The standard InChI is InChI=1S/C12H16FNO2/c1-8(14-9(2)12(15)16-3)10-4-6-11(13)7-5-10/h4-9,14H,1-3H3/t8?,9-/m0/s1. The van der Waals surface area contributed by atoms with E-state index < -0.39 is 0 Å². The fourth-order valence-electron chi connectivity index (χ4n) is 1.47. The van der Waals surface area contributed by atoms with Crippen molar-refractivity contribution in [2.75, 3.05) is 7.11 Å². The van der Waals surface area contributed by atoms with Crippen LogP contribution < -0.4 is 5.32 Å². The maximum atomic E-state index is 12.7. The maximum absolute atomic E-state index is 12.7. The van der Waals surface area contributed by atoms with Gasteiger partial charge in [0.15, 0.2) is 0 Å². The normalized spacial score (nSPS) is 14.2. The Labute approximate surface area is 94.6 Å². The van der Waals surface area contributed by atoms with E-state index in [9.17, 15) is 9.18 Å². The molecule has 88 valence electrons. The third-order valence-corrected chi connectivity index (χ3v) is 2.42. The Morgan fingerprint density at radius 2 is 1.88 bits per heavy atom. The zero-order valence-electron chi connectivity index (χ0n) is 9.66. The minimum absolute atomic E-state index is 0.0327. The lowest BCUT2D eigenvalue weighted by molar-refractivity contribution is -0.142. The number of rotatable bonds is 4. The third-order valence-electron chi connectivity index (χ3n) is 2.42. The Kier molecular flexibility index (Phi) is 4.43. The molecule has 16 heavy (non-hydrogen) atoms. The van der Waals surface area contributed by atoms with Gasteiger partial charge in [-0.2, -0.15) is 0 Å². The number of hydrogen-bond donors (Lipinski definition) is 1. The lowest BCUT2D eigenvalue weighted by atomic mass is 10.1. The number of halogens is 1. The fourth-order valence-corrected chi connectivity index (χ4v) is 1.47. The van der Waals surface area contributed by atoms with E-state index >= 15 is 0 Å². The minimum Gasteiger partial charge on any atom is -0.468 e. The molecule has 2 atom stereocenters. The zero-order chi connectivity index (χ0) is 12.1. The van der Waals surface area contributed by atoms with E-state index in [1.165, 1.54) is 19.2 Å². The van der Waals surface area contributed by atoms with Crippen molar-refractivity contribution in [1.82, 2.24) is 5.32 Å². The second-order valence-corrected chi connectivity index (χ2v) is 3.68. The van der Waals surface area contributed by atoms with E-state index in [1.807, 2.05) is 6.92 Å². The molecule has 1 aromatic carbocycles.